The zero-order chi connectivity index (χ0) is 22.9. The number of pyridine rings is 2. The van der Waals surface area contributed by atoms with Crippen LogP contribution in [0, 0.1) is 0 Å². The highest BCUT2D eigenvalue weighted by atomic mass is 19.4. The Hall–Kier alpha value is -3.73. The predicted octanol–water partition coefficient (Wildman–Crippen LogP) is 2.15. The number of carbonyl (C=O) groups is 2. The quantitative estimate of drug-likeness (QED) is 0.505. The predicted molar refractivity (Wildman–Crippen MR) is 103 cm³/mol. The van der Waals surface area contributed by atoms with Crippen LogP contribution in [-0.2, 0) is 17.5 Å². The number of nitrogens with two attached hydrogens (primary N) is 1. The highest BCUT2D eigenvalue weighted by Gasteiger charge is 2.30. The van der Waals surface area contributed by atoms with Crippen molar-refractivity contribution in [3.63, 3.8) is 0 Å². The molecule has 4 N–H and O–H groups in total. The zero-order valence-corrected chi connectivity index (χ0v) is 15.8. The van der Waals surface area contributed by atoms with Gasteiger partial charge in [-0.25, -0.2) is 4.98 Å². The molecule has 0 aliphatic carbocycles. The molecule has 0 aliphatic rings. The Morgan fingerprint density at radius 2 is 1.81 bits per heavy atom. The second-order valence-corrected chi connectivity index (χ2v) is 6.76. The lowest BCUT2D eigenvalue weighted by Crippen LogP contribution is -2.35. The summed E-state index contributed by atoms with van der Waals surface area (Å²) in [7, 11) is 0. The minimum atomic E-state index is -4.52. The van der Waals surface area contributed by atoms with E-state index < -0.39 is 52.8 Å². The summed E-state index contributed by atoms with van der Waals surface area (Å²) in [6, 6.07) is 5.33. The van der Waals surface area contributed by atoms with Crippen LogP contribution in [-0.4, -0.2) is 37.6 Å². The molecule has 8 nitrogen and oxygen atoms in total. The van der Waals surface area contributed by atoms with Gasteiger partial charge in [0.15, 0.2) is 5.78 Å². The SMILES string of the molecule is N[C@H](CC(=O)c1c(O)c2cccnc2n(Cc2ccc(C(F)(F)F)cc2)c1=O)C(=O)O. The Morgan fingerprint density at radius 1 is 1.16 bits per heavy atom. The summed E-state index contributed by atoms with van der Waals surface area (Å²) in [5, 5.41) is 19.4. The van der Waals surface area contributed by atoms with Crippen LogP contribution in [0.25, 0.3) is 11.0 Å². The first kappa shape index (κ1) is 22.0. The van der Waals surface area contributed by atoms with Crippen molar-refractivity contribution in [2.75, 3.05) is 0 Å². The fourth-order valence-corrected chi connectivity index (χ4v) is 3.03. The molecule has 0 amide bonds. The molecule has 0 fully saturated rings. The summed E-state index contributed by atoms with van der Waals surface area (Å²) in [5.74, 6) is -3.11. The van der Waals surface area contributed by atoms with Crippen LogP contribution in [0.1, 0.15) is 27.9 Å². The van der Waals surface area contributed by atoms with Crippen molar-refractivity contribution in [2.45, 2.75) is 25.2 Å². The average Bonchev–Trinajstić information content (AvgIpc) is 2.70. The van der Waals surface area contributed by atoms with Crippen LogP contribution in [0.5, 0.6) is 5.75 Å². The number of hydrogen-bond donors (Lipinski definition) is 3. The monoisotopic (exact) mass is 435 g/mol. The standard InChI is InChI=1S/C20H16F3N3O5/c21-20(22,23)11-5-3-10(4-6-11)9-26-17-12(2-1-7-25-17)16(28)15(18(26)29)14(27)8-13(24)19(30)31/h1-7,13,28H,8-9,24H2,(H,30,31)/t13-/m1/s1. The number of rotatable bonds is 6. The largest absolute Gasteiger partial charge is 0.506 e. The van der Waals surface area contributed by atoms with Gasteiger partial charge in [0.25, 0.3) is 5.56 Å². The topological polar surface area (TPSA) is 136 Å². The molecule has 0 bridgehead atoms. The minimum absolute atomic E-state index is 0.00369. The van der Waals surface area contributed by atoms with Crippen molar-refractivity contribution in [2.24, 2.45) is 5.73 Å². The molecule has 0 unspecified atom stereocenters. The van der Waals surface area contributed by atoms with E-state index >= 15 is 0 Å². The highest BCUT2D eigenvalue weighted by Crippen LogP contribution is 2.30. The summed E-state index contributed by atoms with van der Waals surface area (Å²) in [6.45, 7) is -0.240. The van der Waals surface area contributed by atoms with Gasteiger partial charge in [0.1, 0.15) is 23.0 Å². The first-order chi connectivity index (χ1) is 14.5. The number of aromatic hydroxyl groups is 1. The van der Waals surface area contributed by atoms with E-state index in [9.17, 15) is 32.7 Å². The molecule has 3 aromatic rings. The molecule has 1 atom stereocenters. The first-order valence-electron chi connectivity index (χ1n) is 8.89. The van der Waals surface area contributed by atoms with E-state index in [-0.39, 0.29) is 17.6 Å². The number of alkyl halides is 3. The van der Waals surface area contributed by atoms with E-state index in [4.69, 9.17) is 10.8 Å². The molecule has 0 saturated carbocycles. The van der Waals surface area contributed by atoms with Crippen molar-refractivity contribution < 1.29 is 33.0 Å². The first-order valence-corrected chi connectivity index (χ1v) is 8.89. The number of aliphatic carboxylic acids is 1. The molecule has 0 spiro atoms. The lowest BCUT2D eigenvalue weighted by atomic mass is 10.0. The molecule has 162 valence electrons. The molecule has 0 saturated heterocycles. The molecule has 11 heteroatoms. The lowest BCUT2D eigenvalue weighted by Gasteiger charge is -2.15. The minimum Gasteiger partial charge on any atom is -0.506 e. The number of fused-ring (bicyclic) bond motifs is 1. The summed E-state index contributed by atoms with van der Waals surface area (Å²) < 4.78 is 39.4. The van der Waals surface area contributed by atoms with Gasteiger partial charge in [-0.2, -0.15) is 13.2 Å². The molecule has 0 radical (unpaired) electrons. The molecule has 31 heavy (non-hydrogen) atoms. The number of hydrogen-bond acceptors (Lipinski definition) is 6. The third-order valence-electron chi connectivity index (χ3n) is 4.62. The summed E-state index contributed by atoms with van der Waals surface area (Å²) in [4.78, 5) is 40.5. The van der Waals surface area contributed by atoms with Gasteiger partial charge in [0.05, 0.1) is 17.5 Å². The number of Topliss-reactive ketones (excluding diaryl/α,β-unsaturated/α-hetero) is 1. The van der Waals surface area contributed by atoms with Crippen LogP contribution in [0.3, 0.4) is 0 Å². The number of benzene rings is 1. The lowest BCUT2D eigenvalue weighted by molar-refractivity contribution is -0.139. The van der Waals surface area contributed by atoms with Crippen molar-refractivity contribution in [3.8, 4) is 5.75 Å². The van der Waals surface area contributed by atoms with Crippen molar-refractivity contribution in [1.82, 2.24) is 9.55 Å². The van der Waals surface area contributed by atoms with Gasteiger partial charge in [0.2, 0.25) is 0 Å². The van der Waals surface area contributed by atoms with Gasteiger partial charge in [-0.15, -0.1) is 0 Å². The molecule has 3 rings (SSSR count). The van der Waals surface area contributed by atoms with Crippen LogP contribution in [0.15, 0.2) is 47.4 Å². The molecule has 2 heterocycles. The average molecular weight is 435 g/mol. The highest BCUT2D eigenvalue weighted by molar-refractivity contribution is 6.04. The molecular formula is C20H16F3N3O5. The number of ketones is 1. The third kappa shape index (κ3) is 4.40. The molecule has 0 aliphatic heterocycles. The number of aromatic nitrogens is 2. The molecular weight excluding hydrogens is 419 g/mol. The maximum atomic E-state index is 13.0. The van der Waals surface area contributed by atoms with Gasteiger partial charge in [0, 0.05) is 12.6 Å². The Balaban J connectivity index is 2.12. The van der Waals surface area contributed by atoms with Crippen molar-refractivity contribution in [1.29, 1.82) is 0 Å². The number of nitrogens with zero attached hydrogens (tertiary/aromatic N) is 2. The molecule has 2 aromatic heterocycles. The van der Waals surface area contributed by atoms with Gasteiger partial charge >= 0.3 is 12.1 Å². The fourth-order valence-electron chi connectivity index (χ4n) is 3.03. The van der Waals surface area contributed by atoms with Gasteiger partial charge < -0.3 is 15.9 Å². The van der Waals surface area contributed by atoms with E-state index in [0.29, 0.717) is 5.56 Å². The van der Waals surface area contributed by atoms with E-state index in [1.54, 1.807) is 0 Å². The van der Waals surface area contributed by atoms with Gasteiger partial charge in [-0.1, -0.05) is 12.1 Å². The fraction of sp³-hybridized carbons (Fsp3) is 0.200. The van der Waals surface area contributed by atoms with Crippen LogP contribution in [0.4, 0.5) is 13.2 Å². The Labute approximate surface area is 172 Å². The van der Waals surface area contributed by atoms with E-state index in [0.717, 1.165) is 16.7 Å². The summed E-state index contributed by atoms with van der Waals surface area (Å²) in [6.07, 6.45) is -3.92. The smallest absolute Gasteiger partial charge is 0.416 e. The summed E-state index contributed by atoms with van der Waals surface area (Å²) in [5.41, 5.74) is 3.19. The van der Waals surface area contributed by atoms with Crippen molar-refractivity contribution >= 4 is 22.8 Å². The maximum Gasteiger partial charge on any atom is 0.416 e. The van der Waals surface area contributed by atoms with Gasteiger partial charge in [-0.3, -0.25) is 19.0 Å². The normalized spacial score (nSPS) is 12.6. The maximum absolute atomic E-state index is 13.0. The number of halogens is 3. The number of carbonyl (C=O) groups excluding carboxylic acids is 1. The van der Waals surface area contributed by atoms with E-state index in [1.165, 1.54) is 30.5 Å². The second-order valence-electron chi connectivity index (χ2n) is 6.76. The van der Waals surface area contributed by atoms with Crippen LogP contribution in [0.2, 0.25) is 0 Å². The third-order valence-corrected chi connectivity index (χ3v) is 4.62. The number of carboxylic acid groups (broad SMARTS) is 1. The van der Waals surface area contributed by atoms with E-state index in [1.807, 2.05) is 0 Å². The Kier molecular flexibility index (Phi) is 5.80. The number of carboxylic acids is 1. The van der Waals surface area contributed by atoms with Crippen LogP contribution < -0.4 is 11.3 Å². The van der Waals surface area contributed by atoms with Crippen molar-refractivity contribution in [3.05, 3.63) is 69.6 Å². The summed E-state index contributed by atoms with van der Waals surface area (Å²) >= 11 is 0. The zero-order valence-electron chi connectivity index (χ0n) is 15.8. The Morgan fingerprint density at radius 3 is 2.39 bits per heavy atom. The molecule has 1 aromatic carbocycles. The van der Waals surface area contributed by atoms with Crippen LogP contribution >= 0.6 is 0 Å². The van der Waals surface area contributed by atoms with E-state index in [2.05, 4.69) is 4.98 Å². The van der Waals surface area contributed by atoms with Gasteiger partial charge in [-0.05, 0) is 29.8 Å². The second kappa shape index (κ2) is 8.19. The Bertz CT molecular complexity index is 1220.